The number of carbonyl (C=O) groups excluding carboxylic acids is 2. The summed E-state index contributed by atoms with van der Waals surface area (Å²) >= 11 is 0. The van der Waals surface area contributed by atoms with Gasteiger partial charge in [0, 0.05) is 24.5 Å². The van der Waals surface area contributed by atoms with E-state index in [1.807, 2.05) is 6.92 Å². The number of pyridine rings is 1. The summed E-state index contributed by atoms with van der Waals surface area (Å²) in [4.78, 5) is 26.3. The van der Waals surface area contributed by atoms with E-state index in [2.05, 4.69) is 21.2 Å². The molecule has 0 bridgehead atoms. The lowest BCUT2D eigenvalue weighted by molar-refractivity contribution is 0.0936. The van der Waals surface area contributed by atoms with Crippen LogP contribution in [-0.4, -0.2) is 23.5 Å². The highest BCUT2D eigenvalue weighted by Gasteiger charge is 2.05. The molecule has 0 aliphatic rings. The number of rotatable bonds is 3. The third-order valence-corrected chi connectivity index (χ3v) is 1.77. The molecular weight excluding hydrogens is 208 g/mol. The molecule has 0 aromatic carbocycles. The van der Waals surface area contributed by atoms with E-state index in [1.54, 1.807) is 12.1 Å². The van der Waals surface area contributed by atoms with Crippen LogP contribution in [-0.2, 0) is 0 Å². The first-order valence-electron chi connectivity index (χ1n) is 4.98. The average Bonchev–Trinajstić information content (AvgIpc) is 2.34. The number of urea groups is 1. The predicted molar refractivity (Wildman–Crippen MR) is 58.5 cm³/mol. The molecule has 3 amide bonds. The summed E-state index contributed by atoms with van der Waals surface area (Å²) in [5.41, 5.74) is 4.96. The molecule has 86 valence electrons. The molecule has 1 heterocycles. The largest absolute Gasteiger partial charge is 0.337 e. The Morgan fingerprint density at radius 2 is 1.94 bits per heavy atom. The third-order valence-electron chi connectivity index (χ3n) is 1.77. The molecule has 0 atom stereocenters. The molecular formula is C10H14N4O2. The second kappa shape index (κ2) is 6.39. The van der Waals surface area contributed by atoms with Gasteiger partial charge >= 0.3 is 6.03 Å². The van der Waals surface area contributed by atoms with Crippen LogP contribution >= 0.6 is 0 Å². The Kier molecular flexibility index (Phi) is 4.78. The summed E-state index contributed by atoms with van der Waals surface area (Å²) in [6, 6.07) is 2.69. The number of carbonyl (C=O) groups is 2. The Morgan fingerprint density at radius 1 is 1.25 bits per heavy atom. The second-order valence-electron chi connectivity index (χ2n) is 3.07. The minimum absolute atomic E-state index is 0.381. The average molecular weight is 222 g/mol. The summed E-state index contributed by atoms with van der Waals surface area (Å²) in [6.07, 6.45) is 3.85. The highest BCUT2D eigenvalue weighted by atomic mass is 16.2. The Hall–Kier alpha value is -2.11. The molecule has 1 aromatic rings. The standard InChI is InChI=1S/C10H14N4O2/c1-2-5-12-10(16)14-13-9(15)8-3-6-11-7-4-8/h3-4,6-7H,2,5H2,1H3,(H,13,15)(H2,12,14,16). The van der Waals surface area contributed by atoms with E-state index in [4.69, 9.17) is 0 Å². The fourth-order valence-electron chi connectivity index (χ4n) is 0.972. The zero-order chi connectivity index (χ0) is 11.8. The number of amides is 3. The summed E-state index contributed by atoms with van der Waals surface area (Å²) in [7, 11) is 0. The van der Waals surface area contributed by atoms with E-state index in [0.717, 1.165) is 6.42 Å². The number of hydrazine groups is 1. The Labute approximate surface area is 93.4 Å². The van der Waals surface area contributed by atoms with Crippen molar-refractivity contribution < 1.29 is 9.59 Å². The van der Waals surface area contributed by atoms with Crippen LogP contribution in [0.3, 0.4) is 0 Å². The van der Waals surface area contributed by atoms with E-state index >= 15 is 0 Å². The molecule has 6 nitrogen and oxygen atoms in total. The first kappa shape index (κ1) is 12.0. The van der Waals surface area contributed by atoms with Crippen LogP contribution < -0.4 is 16.2 Å². The highest BCUT2D eigenvalue weighted by Crippen LogP contribution is 1.94. The third kappa shape index (κ3) is 3.95. The van der Waals surface area contributed by atoms with E-state index < -0.39 is 6.03 Å². The van der Waals surface area contributed by atoms with Gasteiger partial charge in [0.25, 0.3) is 5.91 Å². The van der Waals surface area contributed by atoms with Gasteiger partial charge < -0.3 is 5.32 Å². The quantitative estimate of drug-likeness (QED) is 0.649. The minimum atomic E-state index is -0.427. The number of hydrogen-bond donors (Lipinski definition) is 3. The van der Waals surface area contributed by atoms with Gasteiger partial charge in [-0.15, -0.1) is 0 Å². The van der Waals surface area contributed by atoms with Gasteiger partial charge in [0.05, 0.1) is 0 Å². The van der Waals surface area contributed by atoms with Crippen LogP contribution in [0.25, 0.3) is 0 Å². The predicted octanol–water partition coefficient (Wildman–Crippen LogP) is 0.436. The highest BCUT2D eigenvalue weighted by molar-refractivity contribution is 5.95. The molecule has 0 fully saturated rings. The lowest BCUT2D eigenvalue weighted by Crippen LogP contribution is -2.47. The van der Waals surface area contributed by atoms with E-state index in [0.29, 0.717) is 12.1 Å². The first-order valence-corrected chi connectivity index (χ1v) is 4.98. The van der Waals surface area contributed by atoms with Crippen molar-refractivity contribution in [3.05, 3.63) is 30.1 Å². The molecule has 0 saturated heterocycles. The second-order valence-corrected chi connectivity index (χ2v) is 3.07. The van der Waals surface area contributed by atoms with E-state index in [-0.39, 0.29) is 5.91 Å². The van der Waals surface area contributed by atoms with Crippen LogP contribution in [0.1, 0.15) is 23.7 Å². The van der Waals surface area contributed by atoms with Gasteiger partial charge in [-0.25, -0.2) is 10.2 Å². The lowest BCUT2D eigenvalue weighted by atomic mass is 10.3. The van der Waals surface area contributed by atoms with Gasteiger partial charge in [0.1, 0.15) is 0 Å². The topological polar surface area (TPSA) is 83.1 Å². The molecule has 1 rings (SSSR count). The van der Waals surface area contributed by atoms with Crippen molar-refractivity contribution in [1.29, 1.82) is 0 Å². The zero-order valence-corrected chi connectivity index (χ0v) is 8.99. The van der Waals surface area contributed by atoms with Crippen LogP contribution in [0.4, 0.5) is 4.79 Å². The fourth-order valence-corrected chi connectivity index (χ4v) is 0.972. The maximum absolute atomic E-state index is 11.4. The molecule has 0 unspecified atom stereocenters. The number of hydrogen-bond acceptors (Lipinski definition) is 3. The Balaban J connectivity index is 2.33. The Morgan fingerprint density at radius 3 is 2.56 bits per heavy atom. The lowest BCUT2D eigenvalue weighted by Gasteiger charge is -2.07. The summed E-state index contributed by atoms with van der Waals surface area (Å²) in [5.74, 6) is -0.381. The fraction of sp³-hybridized carbons (Fsp3) is 0.300. The number of aromatic nitrogens is 1. The molecule has 0 aliphatic carbocycles. The summed E-state index contributed by atoms with van der Waals surface area (Å²) < 4.78 is 0. The zero-order valence-electron chi connectivity index (χ0n) is 8.99. The van der Waals surface area contributed by atoms with Crippen molar-refractivity contribution in [2.75, 3.05) is 6.54 Å². The molecule has 1 aromatic heterocycles. The van der Waals surface area contributed by atoms with Crippen LogP contribution in [0.5, 0.6) is 0 Å². The first-order chi connectivity index (χ1) is 7.74. The van der Waals surface area contributed by atoms with Crippen molar-refractivity contribution >= 4 is 11.9 Å². The molecule has 3 N–H and O–H groups in total. The smallest absolute Gasteiger partial charge is 0.333 e. The normalized spacial score (nSPS) is 9.31. The molecule has 0 spiro atoms. The van der Waals surface area contributed by atoms with Gasteiger partial charge in [0.15, 0.2) is 0 Å². The summed E-state index contributed by atoms with van der Waals surface area (Å²) in [5, 5.41) is 2.56. The van der Waals surface area contributed by atoms with Crippen molar-refractivity contribution in [2.45, 2.75) is 13.3 Å². The maximum Gasteiger partial charge on any atom is 0.333 e. The molecule has 6 heteroatoms. The van der Waals surface area contributed by atoms with Crippen LogP contribution in [0.15, 0.2) is 24.5 Å². The van der Waals surface area contributed by atoms with Crippen molar-refractivity contribution in [2.24, 2.45) is 0 Å². The van der Waals surface area contributed by atoms with Gasteiger partial charge in [-0.3, -0.25) is 15.2 Å². The molecule has 0 aliphatic heterocycles. The van der Waals surface area contributed by atoms with Gasteiger partial charge in [-0.2, -0.15) is 0 Å². The van der Waals surface area contributed by atoms with Crippen molar-refractivity contribution in [1.82, 2.24) is 21.2 Å². The van der Waals surface area contributed by atoms with E-state index in [1.165, 1.54) is 12.4 Å². The monoisotopic (exact) mass is 222 g/mol. The van der Waals surface area contributed by atoms with E-state index in [9.17, 15) is 9.59 Å². The van der Waals surface area contributed by atoms with Gasteiger partial charge in [-0.05, 0) is 18.6 Å². The maximum atomic E-state index is 11.4. The van der Waals surface area contributed by atoms with Crippen LogP contribution in [0, 0.1) is 0 Å². The van der Waals surface area contributed by atoms with Crippen LogP contribution in [0.2, 0.25) is 0 Å². The van der Waals surface area contributed by atoms with Crippen molar-refractivity contribution in [3.8, 4) is 0 Å². The number of nitrogens with one attached hydrogen (secondary N) is 3. The van der Waals surface area contributed by atoms with Crippen molar-refractivity contribution in [3.63, 3.8) is 0 Å². The number of nitrogens with zero attached hydrogens (tertiary/aromatic N) is 1. The van der Waals surface area contributed by atoms with Gasteiger partial charge in [-0.1, -0.05) is 6.92 Å². The van der Waals surface area contributed by atoms with Gasteiger partial charge in [0.2, 0.25) is 0 Å². The molecule has 0 radical (unpaired) electrons. The molecule has 16 heavy (non-hydrogen) atoms. The summed E-state index contributed by atoms with van der Waals surface area (Å²) in [6.45, 7) is 2.51. The Bertz CT molecular complexity index is 353. The minimum Gasteiger partial charge on any atom is -0.337 e. The molecule has 0 saturated carbocycles. The SMILES string of the molecule is CCCNC(=O)NNC(=O)c1ccncc1.